The SMILES string of the molecule is CCN(CC)C(=O)NC1c2c[nH]c3cccc(c23)[C@H]2CCCN[C@H]12. The molecule has 24 heavy (non-hydrogen) atoms. The van der Waals surface area contributed by atoms with Crippen molar-refractivity contribution >= 4 is 16.9 Å². The first-order valence-electron chi connectivity index (χ1n) is 9.13. The molecule has 1 fully saturated rings. The second-order valence-electron chi connectivity index (χ2n) is 6.84. The van der Waals surface area contributed by atoms with E-state index in [-0.39, 0.29) is 18.1 Å². The molecule has 2 amide bonds. The van der Waals surface area contributed by atoms with Crippen molar-refractivity contribution in [1.82, 2.24) is 20.5 Å². The second-order valence-corrected chi connectivity index (χ2v) is 6.84. The number of rotatable bonds is 3. The zero-order chi connectivity index (χ0) is 16.7. The van der Waals surface area contributed by atoms with E-state index in [1.807, 2.05) is 18.7 Å². The van der Waals surface area contributed by atoms with Crippen molar-refractivity contribution < 1.29 is 4.79 Å². The van der Waals surface area contributed by atoms with Crippen LogP contribution in [0.15, 0.2) is 24.4 Å². The second kappa shape index (κ2) is 6.13. The third-order valence-corrected chi connectivity index (χ3v) is 5.70. The summed E-state index contributed by atoms with van der Waals surface area (Å²) >= 11 is 0. The summed E-state index contributed by atoms with van der Waals surface area (Å²) < 4.78 is 0. The van der Waals surface area contributed by atoms with Gasteiger partial charge in [0.2, 0.25) is 0 Å². The van der Waals surface area contributed by atoms with E-state index in [2.05, 4.69) is 40.0 Å². The summed E-state index contributed by atoms with van der Waals surface area (Å²) in [5.41, 5.74) is 3.82. The average Bonchev–Trinajstić information content (AvgIpc) is 3.05. The minimum Gasteiger partial charge on any atom is -0.361 e. The normalized spacial score (nSPS) is 25.3. The highest BCUT2D eigenvalue weighted by atomic mass is 16.2. The smallest absolute Gasteiger partial charge is 0.317 e. The summed E-state index contributed by atoms with van der Waals surface area (Å²) in [6, 6.07) is 6.84. The van der Waals surface area contributed by atoms with Crippen molar-refractivity contribution in [3.8, 4) is 0 Å². The Balaban J connectivity index is 1.76. The van der Waals surface area contributed by atoms with Crippen molar-refractivity contribution in [3.05, 3.63) is 35.5 Å². The van der Waals surface area contributed by atoms with Gasteiger partial charge in [-0.05, 0) is 44.9 Å². The molecule has 1 aromatic carbocycles. The van der Waals surface area contributed by atoms with Crippen LogP contribution in [-0.2, 0) is 0 Å². The molecule has 1 unspecified atom stereocenters. The number of hydrogen-bond donors (Lipinski definition) is 3. The van der Waals surface area contributed by atoms with Gasteiger partial charge in [-0.25, -0.2) is 4.79 Å². The molecule has 0 radical (unpaired) electrons. The molecule has 0 spiro atoms. The molecule has 0 saturated carbocycles. The van der Waals surface area contributed by atoms with E-state index in [1.165, 1.54) is 34.9 Å². The quantitative estimate of drug-likeness (QED) is 0.811. The van der Waals surface area contributed by atoms with Gasteiger partial charge in [0.25, 0.3) is 0 Å². The maximum Gasteiger partial charge on any atom is 0.317 e. The third-order valence-electron chi connectivity index (χ3n) is 5.70. The first kappa shape index (κ1) is 15.5. The number of benzene rings is 1. The van der Waals surface area contributed by atoms with Crippen molar-refractivity contribution in [3.63, 3.8) is 0 Å². The Labute approximate surface area is 142 Å². The highest BCUT2D eigenvalue weighted by Crippen LogP contribution is 2.45. The Morgan fingerprint density at radius 2 is 2.12 bits per heavy atom. The van der Waals surface area contributed by atoms with Gasteiger partial charge in [0, 0.05) is 47.7 Å². The molecule has 0 bridgehead atoms. The van der Waals surface area contributed by atoms with E-state index in [1.54, 1.807) is 0 Å². The summed E-state index contributed by atoms with van der Waals surface area (Å²) in [7, 11) is 0. The van der Waals surface area contributed by atoms with Gasteiger partial charge in [-0.3, -0.25) is 0 Å². The predicted molar refractivity (Wildman–Crippen MR) is 96.3 cm³/mol. The van der Waals surface area contributed by atoms with Gasteiger partial charge >= 0.3 is 6.03 Å². The fourth-order valence-corrected chi connectivity index (χ4v) is 4.50. The first-order chi connectivity index (χ1) is 11.7. The average molecular weight is 326 g/mol. The standard InChI is InChI=1S/C19H26N4O/c1-3-23(4-2)19(24)22-18-14-11-21-15-9-5-7-12(16(14)15)13-8-6-10-20-17(13)18/h5,7,9,11,13,17-18,20-21H,3-4,6,8,10H2,1-2H3,(H,22,24)/t13-,17+,18?/m1/s1. The van der Waals surface area contributed by atoms with Crippen LogP contribution in [0, 0.1) is 0 Å². The Morgan fingerprint density at radius 3 is 2.92 bits per heavy atom. The zero-order valence-electron chi connectivity index (χ0n) is 14.4. The third kappa shape index (κ3) is 2.30. The molecule has 2 aromatic rings. The van der Waals surface area contributed by atoms with Crippen molar-refractivity contribution in [1.29, 1.82) is 0 Å². The Bertz CT molecular complexity index is 749. The monoisotopic (exact) mass is 326 g/mol. The summed E-state index contributed by atoms with van der Waals surface area (Å²) in [5, 5.41) is 8.30. The predicted octanol–water partition coefficient (Wildman–Crippen LogP) is 3.11. The molecule has 3 N–H and O–H groups in total. The van der Waals surface area contributed by atoms with Crippen LogP contribution in [0.3, 0.4) is 0 Å². The number of carbonyl (C=O) groups excluding carboxylic acids is 1. The lowest BCUT2D eigenvalue weighted by Crippen LogP contribution is -2.53. The van der Waals surface area contributed by atoms with Crippen LogP contribution in [0.2, 0.25) is 0 Å². The molecule has 2 aliphatic rings. The minimum atomic E-state index is 0.0204. The number of nitrogens with one attached hydrogen (secondary N) is 3. The number of aromatic amines is 1. The lowest BCUT2D eigenvalue weighted by Gasteiger charge is -2.42. The number of nitrogens with zero attached hydrogens (tertiary/aromatic N) is 1. The number of urea groups is 1. The van der Waals surface area contributed by atoms with Crippen LogP contribution in [0.25, 0.3) is 10.9 Å². The molecule has 5 nitrogen and oxygen atoms in total. The summed E-state index contributed by atoms with van der Waals surface area (Å²) in [4.78, 5) is 17.9. The number of amides is 2. The molecule has 3 atom stereocenters. The van der Waals surface area contributed by atoms with Gasteiger partial charge in [-0.15, -0.1) is 0 Å². The fraction of sp³-hybridized carbons (Fsp3) is 0.526. The molecule has 1 aliphatic carbocycles. The largest absolute Gasteiger partial charge is 0.361 e. The van der Waals surface area contributed by atoms with E-state index in [0.717, 1.165) is 19.6 Å². The van der Waals surface area contributed by atoms with Gasteiger partial charge in [0.1, 0.15) is 0 Å². The van der Waals surface area contributed by atoms with Crippen molar-refractivity contribution in [2.75, 3.05) is 19.6 Å². The highest BCUT2D eigenvalue weighted by Gasteiger charge is 2.40. The van der Waals surface area contributed by atoms with Crippen LogP contribution < -0.4 is 10.6 Å². The Kier molecular flexibility index (Phi) is 3.96. The maximum atomic E-state index is 12.7. The van der Waals surface area contributed by atoms with Gasteiger partial charge in [0.15, 0.2) is 0 Å². The molecular weight excluding hydrogens is 300 g/mol. The number of hydrogen-bond acceptors (Lipinski definition) is 2. The summed E-state index contributed by atoms with van der Waals surface area (Å²) in [5.74, 6) is 0.466. The first-order valence-corrected chi connectivity index (χ1v) is 9.13. The van der Waals surface area contributed by atoms with Gasteiger partial charge in [-0.2, -0.15) is 0 Å². The lowest BCUT2D eigenvalue weighted by atomic mass is 9.73. The Hall–Kier alpha value is -2.01. The van der Waals surface area contributed by atoms with E-state index in [0.29, 0.717) is 5.92 Å². The van der Waals surface area contributed by atoms with E-state index >= 15 is 0 Å². The lowest BCUT2D eigenvalue weighted by molar-refractivity contribution is 0.189. The maximum absolute atomic E-state index is 12.7. The minimum absolute atomic E-state index is 0.0204. The molecule has 1 saturated heterocycles. The summed E-state index contributed by atoms with van der Waals surface area (Å²) in [6.07, 6.45) is 4.45. The zero-order valence-corrected chi connectivity index (χ0v) is 14.4. The molecule has 128 valence electrons. The fourth-order valence-electron chi connectivity index (χ4n) is 4.50. The van der Waals surface area contributed by atoms with Gasteiger partial charge in [0.05, 0.1) is 6.04 Å². The number of fused-ring (bicyclic) bond motifs is 2. The van der Waals surface area contributed by atoms with Crippen LogP contribution in [0.1, 0.15) is 49.8 Å². The molecule has 2 heterocycles. The Morgan fingerprint density at radius 1 is 1.29 bits per heavy atom. The van der Waals surface area contributed by atoms with Crippen LogP contribution in [-0.4, -0.2) is 41.6 Å². The van der Waals surface area contributed by atoms with Gasteiger partial charge < -0.3 is 20.5 Å². The van der Waals surface area contributed by atoms with Crippen LogP contribution >= 0.6 is 0 Å². The number of aromatic nitrogens is 1. The van der Waals surface area contributed by atoms with Crippen LogP contribution in [0.4, 0.5) is 4.79 Å². The number of carbonyl (C=O) groups is 1. The van der Waals surface area contributed by atoms with Crippen molar-refractivity contribution in [2.24, 2.45) is 0 Å². The molecule has 1 aromatic heterocycles. The van der Waals surface area contributed by atoms with E-state index < -0.39 is 0 Å². The number of piperidine rings is 1. The van der Waals surface area contributed by atoms with Crippen molar-refractivity contribution in [2.45, 2.75) is 44.7 Å². The molecule has 1 aliphatic heterocycles. The van der Waals surface area contributed by atoms with Gasteiger partial charge in [-0.1, -0.05) is 12.1 Å². The highest BCUT2D eigenvalue weighted by molar-refractivity contribution is 5.89. The van der Waals surface area contributed by atoms with E-state index in [4.69, 9.17) is 0 Å². The molecule has 5 heteroatoms. The topological polar surface area (TPSA) is 60.2 Å². The molecule has 4 rings (SSSR count). The van der Waals surface area contributed by atoms with Crippen LogP contribution in [0.5, 0.6) is 0 Å². The molecular formula is C19H26N4O. The van der Waals surface area contributed by atoms with E-state index in [9.17, 15) is 4.79 Å². The number of H-pyrrole nitrogens is 1. The summed E-state index contributed by atoms with van der Waals surface area (Å²) in [6.45, 7) is 6.53.